The van der Waals surface area contributed by atoms with Crippen LogP contribution in [0.25, 0.3) is 6.08 Å². The molecule has 0 aromatic heterocycles. The second kappa shape index (κ2) is 6.80. The van der Waals surface area contributed by atoms with Gasteiger partial charge in [0.25, 0.3) is 0 Å². The number of hydrogen-bond acceptors (Lipinski definition) is 2. The Morgan fingerprint density at radius 2 is 2.31 bits per heavy atom. The van der Waals surface area contributed by atoms with Crippen LogP contribution in [0.1, 0.15) is 24.5 Å². The lowest BCUT2D eigenvalue weighted by molar-refractivity contribution is -0.117. The summed E-state index contributed by atoms with van der Waals surface area (Å²) in [5.41, 5.74) is 7.39. The predicted octanol–water partition coefficient (Wildman–Crippen LogP) is 1.68. The van der Waals surface area contributed by atoms with Crippen molar-refractivity contribution < 1.29 is 4.79 Å². The number of carbonyl (C=O) groups is 1. The molecule has 0 aliphatic heterocycles. The summed E-state index contributed by atoms with van der Waals surface area (Å²) < 4.78 is 0. The maximum absolute atomic E-state index is 10.6. The van der Waals surface area contributed by atoms with Crippen molar-refractivity contribution in [2.45, 2.75) is 19.9 Å². The first-order valence-corrected chi connectivity index (χ1v) is 5.47. The first kappa shape index (κ1) is 12.5. The molecule has 0 heterocycles. The van der Waals surface area contributed by atoms with Gasteiger partial charge >= 0.3 is 0 Å². The zero-order valence-electron chi connectivity index (χ0n) is 9.57. The zero-order valence-corrected chi connectivity index (χ0v) is 9.57. The fourth-order valence-electron chi connectivity index (χ4n) is 1.39. The highest BCUT2D eigenvalue weighted by Crippen LogP contribution is 2.07. The van der Waals surface area contributed by atoms with Crippen molar-refractivity contribution >= 4 is 12.0 Å². The summed E-state index contributed by atoms with van der Waals surface area (Å²) in [7, 11) is 0. The van der Waals surface area contributed by atoms with Gasteiger partial charge in [0.2, 0.25) is 5.91 Å². The van der Waals surface area contributed by atoms with Crippen LogP contribution in [0, 0.1) is 0 Å². The third kappa shape index (κ3) is 4.75. The molecule has 0 saturated carbocycles. The van der Waals surface area contributed by atoms with E-state index in [9.17, 15) is 4.79 Å². The van der Waals surface area contributed by atoms with Gasteiger partial charge in [-0.2, -0.15) is 0 Å². The highest BCUT2D eigenvalue weighted by molar-refractivity contribution is 5.76. The molecule has 1 rings (SSSR count). The molecule has 0 atom stereocenters. The van der Waals surface area contributed by atoms with E-state index >= 15 is 0 Å². The number of amides is 1. The third-order valence-corrected chi connectivity index (χ3v) is 2.16. The lowest BCUT2D eigenvalue weighted by atomic mass is 10.1. The van der Waals surface area contributed by atoms with Crippen LogP contribution in [0.15, 0.2) is 30.3 Å². The fourth-order valence-corrected chi connectivity index (χ4v) is 1.39. The molecule has 0 spiro atoms. The second-order valence-electron chi connectivity index (χ2n) is 3.60. The number of rotatable bonds is 6. The summed E-state index contributed by atoms with van der Waals surface area (Å²) in [4.78, 5) is 10.6. The number of nitrogens with two attached hydrogens (primary N) is 1. The molecule has 0 fully saturated rings. The van der Waals surface area contributed by atoms with Crippen molar-refractivity contribution in [1.82, 2.24) is 5.32 Å². The van der Waals surface area contributed by atoms with E-state index in [1.165, 1.54) is 5.56 Å². The molecular formula is C13H18N2O. The van der Waals surface area contributed by atoms with Gasteiger partial charge in [-0.3, -0.25) is 4.79 Å². The summed E-state index contributed by atoms with van der Waals surface area (Å²) in [6.45, 7) is 3.91. The van der Waals surface area contributed by atoms with Crippen molar-refractivity contribution in [3.05, 3.63) is 41.5 Å². The fraction of sp³-hybridized carbons (Fsp3) is 0.308. The lowest BCUT2D eigenvalue weighted by Crippen LogP contribution is -2.11. The Kier molecular flexibility index (Phi) is 5.29. The van der Waals surface area contributed by atoms with E-state index in [1.54, 1.807) is 6.08 Å². The van der Waals surface area contributed by atoms with Crippen LogP contribution >= 0.6 is 0 Å². The molecule has 3 heteroatoms. The minimum atomic E-state index is -0.306. The van der Waals surface area contributed by atoms with Gasteiger partial charge < -0.3 is 11.1 Å². The normalized spacial score (nSPS) is 10.8. The van der Waals surface area contributed by atoms with Gasteiger partial charge in [0.1, 0.15) is 0 Å². The van der Waals surface area contributed by atoms with Gasteiger partial charge in [-0.05, 0) is 17.7 Å². The molecule has 16 heavy (non-hydrogen) atoms. The van der Waals surface area contributed by atoms with Crippen molar-refractivity contribution in [2.75, 3.05) is 6.54 Å². The second-order valence-corrected chi connectivity index (χ2v) is 3.60. The Bertz CT molecular complexity index is 372. The molecule has 0 bridgehead atoms. The summed E-state index contributed by atoms with van der Waals surface area (Å²) in [6.07, 6.45) is 3.99. The Morgan fingerprint density at radius 1 is 1.50 bits per heavy atom. The predicted molar refractivity (Wildman–Crippen MR) is 66.7 cm³/mol. The highest BCUT2D eigenvalue weighted by Gasteiger charge is 1.93. The standard InChI is InChI=1S/C13H18N2O/c1-2-15-10-12-7-3-5-11(9-12)6-4-8-13(14)16/h3-7,9,15H,2,8,10H2,1H3,(H2,14,16). The van der Waals surface area contributed by atoms with Gasteiger partial charge in [-0.1, -0.05) is 43.3 Å². The van der Waals surface area contributed by atoms with Gasteiger partial charge in [-0.15, -0.1) is 0 Å². The molecule has 86 valence electrons. The van der Waals surface area contributed by atoms with E-state index in [0.717, 1.165) is 18.7 Å². The van der Waals surface area contributed by atoms with Gasteiger partial charge in [0.15, 0.2) is 0 Å². The number of hydrogen-bond donors (Lipinski definition) is 2. The SMILES string of the molecule is CCNCc1cccc(C=CCC(N)=O)c1. The Morgan fingerprint density at radius 3 is 3.00 bits per heavy atom. The zero-order chi connectivity index (χ0) is 11.8. The maximum Gasteiger partial charge on any atom is 0.221 e. The van der Waals surface area contributed by atoms with E-state index < -0.39 is 0 Å². The smallest absolute Gasteiger partial charge is 0.221 e. The lowest BCUT2D eigenvalue weighted by Gasteiger charge is -2.02. The van der Waals surface area contributed by atoms with Crippen LogP contribution < -0.4 is 11.1 Å². The molecular weight excluding hydrogens is 200 g/mol. The molecule has 3 nitrogen and oxygen atoms in total. The van der Waals surface area contributed by atoms with Crippen LogP contribution in [0.2, 0.25) is 0 Å². The average molecular weight is 218 g/mol. The first-order chi connectivity index (χ1) is 7.72. The minimum Gasteiger partial charge on any atom is -0.369 e. The molecule has 0 saturated heterocycles. The summed E-state index contributed by atoms with van der Waals surface area (Å²) >= 11 is 0. The number of benzene rings is 1. The topological polar surface area (TPSA) is 55.1 Å². The number of nitrogens with one attached hydrogen (secondary N) is 1. The van der Waals surface area contributed by atoms with Crippen LogP contribution in [0.3, 0.4) is 0 Å². The molecule has 0 unspecified atom stereocenters. The maximum atomic E-state index is 10.6. The van der Waals surface area contributed by atoms with Crippen molar-refractivity contribution in [1.29, 1.82) is 0 Å². The molecule has 3 N–H and O–H groups in total. The van der Waals surface area contributed by atoms with Crippen molar-refractivity contribution in [2.24, 2.45) is 5.73 Å². The Hall–Kier alpha value is -1.61. The Labute approximate surface area is 96.3 Å². The van der Waals surface area contributed by atoms with Crippen LogP contribution in [-0.2, 0) is 11.3 Å². The van der Waals surface area contributed by atoms with Crippen molar-refractivity contribution in [3.8, 4) is 0 Å². The van der Waals surface area contributed by atoms with E-state index in [2.05, 4.69) is 24.4 Å². The summed E-state index contributed by atoms with van der Waals surface area (Å²) in [5.74, 6) is -0.306. The molecule has 0 radical (unpaired) electrons. The summed E-state index contributed by atoms with van der Waals surface area (Å²) in [6, 6.07) is 8.19. The highest BCUT2D eigenvalue weighted by atomic mass is 16.1. The Balaban J connectivity index is 2.59. The van der Waals surface area contributed by atoms with Gasteiger partial charge in [0, 0.05) is 13.0 Å². The average Bonchev–Trinajstić information content (AvgIpc) is 2.26. The molecule has 1 aromatic rings. The first-order valence-electron chi connectivity index (χ1n) is 5.47. The van der Waals surface area contributed by atoms with E-state index in [4.69, 9.17) is 5.73 Å². The molecule has 1 aromatic carbocycles. The quantitative estimate of drug-likeness (QED) is 0.763. The number of carbonyl (C=O) groups excluding carboxylic acids is 1. The van der Waals surface area contributed by atoms with E-state index in [0.29, 0.717) is 0 Å². The van der Waals surface area contributed by atoms with Crippen LogP contribution in [0.4, 0.5) is 0 Å². The number of primary amides is 1. The largest absolute Gasteiger partial charge is 0.369 e. The van der Waals surface area contributed by atoms with Gasteiger partial charge in [-0.25, -0.2) is 0 Å². The van der Waals surface area contributed by atoms with Crippen LogP contribution in [-0.4, -0.2) is 12.5 Å². The molecule has 0 aliphatic carbocycles. The van der Waals surface area contributed by atoms with Gasteiger partial charge in [0.05, 0.1) is 0 Å². The van der Waals surface area contributed by atoms with E-state index in [1.807, 2.05) is 18.2 Å². The van der Waals surface area contributed by atoms with E-state index in [-0.39, 0.29) is 12.3 Å². The van der Waals surface area contributed by atoms with Crippen molar-refractivity contribution in [3.63, 3.8) is 0 Å². The molecule has 1 amide bonds. The summed E-state index contributed by atoms with van der Waals surface area (Å²) in [5, 5.41) is 3.27. The van der Waals surface area contributed by atoms with Crippen LogP contribution in [0.5, 0.6) is 0 Å². The monoisotopic (exact) mass is 218 g/mol. The third-order valence-electron chi connectivity index (χ3n) is 2.16. The minimum absolute atomic E-state index is 0.289. The molecule has 0 aliphatic rings.